The van der Waals surface area contributed by atoms with E-state index in [0.29, 0.717) is 22.2 Å². The number of benzene rings is 2. The van der Waals surface area contributed by atoms with Crippen molar-refractivity contribution in [3.63, 3.8) is 0 Å². The number of carbonyl (C=O) groups is 1. The number of nitrogens with zero attached hydrogens (tertiary/aromatic N) is 4. The first-order chi connectivity index (χ1) is 16.5. The summed E-state index contributed by atoms with van der Waals surface area (Å²) in [5, 5.41) is 7.27. The fraction of sp³-hybridized carbons (Fsp3) is 0.0417. The molecule has 0 atom stereocenters. The third kappa shape index (κ3) is 4.16. The molecule has 34 heavy (non-hydrogen) atoms. The van der Waals surface area contributed by atoms with Gasteiger partial charge in [0.1, 0.15) is 18.1 Å². The van der Waals surface area contributed by atoms with Gasteiger partial charge in [-0.15, -0.1) is 0 Å². The normalized spacial score (nSPS) is 11.0. The molecule has 5 aromatic rings. The van der Waals surface area contributed by atoms with Gasteiger partial charge in [-0.25, -0.2) is 4.39 Å². The summed E-state index contributed by atoms with van der Waals surface area (Å²) >= 11 is 5.75. The zero-order valence-corrected chi connectivity index (χ0v) is 18.2. The van der Waals surface area contributed by atoms with Crippen LogP contribution in [0.2, 0.25) is 5.02 Å². The maximum Gasteiger partial charge on any atom is 0.259 e. The lowest BCUT2D eigenvalue weighted by molar-refractivity contribution is -0.116. The van der Waals surface area contributed by atoms with E-state index in [-0.39, 0.29) is 29.0 Å². The van der Waals surface area contributed by atoms with Gasteiger partial charge in [0.2, 0.25) is 11.7 Å². The Morgan fingerprint density at radius 2 is 1.91 bits per heavy atom. The Balaban J connectivity index is 1.50. The lowest BCUT2D eigenvalue weighted by Crippen LogP contribution is -2.28. The zero-order valence-electron chi connectivity index (χ0n) is 17.4. The van der Waals surface area contributed by atoms with E-state index in [4.69, 9.17) is 16.1 Å². The van der Waals surface area contributed by atoms with Gasteiger partial charge in [0.05, 0.1) is 16.8 Å². The Kier molecular flexibility index (Phi) is 5.60. The van der Waals surface area contributed by atoms with Crippen LogP contribution in [-0.2, 0) is 11.3 Å². The average molecular weight is 476 g/mol. The van der Waals surface area contributed by atoms with Crippen molar-refractivity contribution in [2.45, 2.75) is 6.54 Å². The first kappa shape index (κ1) is 21.5. The molecule has 5 rings (SSSR count). The highest BCUT2D eigenvalue weighted by molar-refractivity contribution is 6.30. The molecule has 0 aliphatic heterocycles. The lowest BCUT2D eigenvalue weighted by atomic mass is 10.1. The highest BCUT2D eigenvalue weighted by Crippen LogP contribution is 2.27. The van der Waals surface area contributed by atoms with Crippen LogP contribution in [-0.4, -0.2) is 25.6 Å². The van der Waals surface area contributed by atoms with Crippen LogP contribution in [0.1, 0.15) is 0 Å². The Bertz CT molecular complexity index is 1580. The summed E-state index contributed by atoms with van der Waals surface area (Å²) in [5.41, 5.74) is 0.945. The van der Waals surface area contributed by atoms with Crippen LogP contribution in [0.3, 0.4) is 0 Å². The van der Waals surface area contributed by atoms with Crippen molar-refractivity contribution in [3.8, 4) is 23.0 Å². The van der Waals surface area contributed by atoms with E-state index >= 15 is 0 Å². The molecular formula is C24H15ClFN5O3. The topological polar surface area (TPSA) is 103 Å². The van der Waals surface area contributed by atoms with Crippen LogP contribution in [0, 0.1) is 5.82 Å². The monoisotopic (exact) mass is 475 g/mol. The van der Waals surface area contributed by atoms with Crippen LogP contribution in [0.4, 0.5) is 10.1 Å². The van der Waals surface area contributed by atoms with Crippen LogP contribution in [0.25, 0.3) is 33.9 Å². The number of aromatic nitrogens is 4. The number of para-hydroxylation sites is 1. The number of fused-ring (bicyclic) bond motifs is 1. The second-order valence-electron chi connectivity index (χ2n) is 7.31. The molecule has 168 valence electrons. The molecule has 3 aromatic heterocycles. The number of rotatable bonds is 5. The maximum absolute atomic E-state index is 14.1. The third-order valence-electron chi connectivity index (χ3n) is 5.08. The van der Waals surface area contributed by atoms with Gasteiger partial charge in [-0.2, -0.15) is 4.98 Å². The second kappa shape index (κ2) is 8.87. The molecule has 8 nitrogen and oxygen atoms in total. The molecule has 0 radical (unpaired) electrons. The Hall–Kier alpha value is -4.37. The van der Waals surface area contributed by atoms with Gasteiger partial charge >= 0.3 is 0 Å². The number of halogens is 2. The smallest absolute Gasteiger partial charge is 0.259 e. The summed E-state index contributed by atoms with van der Waals surface area (Å²) in [6, 6.07) is 17.6. The van der Waals surface area contributed by atoms with E-state index in [9.17, 15) is 14.0 Å². The number of amides is 1. The molecule has 0 aliphatic carbocycles. The Labute approximate surface area is 196 Å². The predicted octanol–water partition coefficient (Wildman–Crippen LogP) is 4.54. The van der Waals surface area contributed by atoms with Crippen molar-refractivity contribution in [1.82, 2.24) is 19.7 Å². The van der Waals surface area contributed by atoms with Gasteiger partial charge in [-0.05, 0) is 36.4 Å². The largest absolute Gasteiger partial charge is 0.334 e. The number of carbonyl (C=O) groups excluding carboxylic acids is 1. The summed E-state index contributed by atoms with van der Waals surface area (Å²) in [7, 11) is 0. The van der Waals surface area contributed by atoms with Crippen LogP contribution in [0.15, 0.2) is 82.2 Å². The van der Waals surface area contributed by atoms with Crippen LogP contribution < -0.4 is 10.9 Å². The van der Waals surface area contributed by atoms with Crippen LogP contribution in [0.5, 0.6) is 0 Å². The molecule has 2 aromatic carbocycles. The van der Waals surface area contributed by atoms with Gasteiger partial charge in [-0.1, -0.05) is 41.0 Å². The summed E-state index contributed by atoms with van der Waals surface area (Å²) in [6.07, 6.45) is 1.61. The van der Waals surface area contributed by atoms with E-state index in [2.05, 4.69) is 20.4 Å². The fourth-order valence-electron chi connectivity index (χ4n) is 3.53. The molecule has 0 unspecified atom stereocenters. The minimum Gasteiger partial charge on any atom is -0.334 e. The highest BCUT2D eigenvalue weighted by Gasteiger charge is 2.18. The maximum atomic E-state index is 14.1. The molecule has 0 bridgehead atoms. The van der Waals surface area contributed by atoms with Crippen molar-refractivity contribution in [2.24, 2.45) is 0 Å². The minimum atomic E-state index is -0.673. The molecule has 0 saturated heterocycles. The standard InChI is InChI=1S/C24H15ClFN5O3/c25-14-8-9-18(17(26)11-14)28-21(32)13-31-20-7-2-1-5-15(20)16(12-22(31)33)24-29-23(30-34-24)19-6-3-4-10-27-19/h1-12H,13H2,(H,28,32). The van der Waals surface area contributed by atoms with E-state index in [1.54, 1.807) is 48.7 Å². The Morgan fingerprint density at radius 1 is 1.09 bits per heavy atom. The Morgan fingerprint density at radius 3 is 2.71 bits per heavy atom. The first-order valence-corrected chi connectivity index (χ1v) is 10.5. The predicted molar refractivity (Wildman–Crippen MR) is 125 cm³/mol. The highest BCUT2D eigenvalue weighted by atomic mass is 35.5. The number of hydrogen-bond acceptors (Lipinski definition) is 6. The lowest BCUT2D eigenvalue weighted by Gasteiger charge is -2.12. The summed E-state index contributed by atoms with van der Waals surface area (Å²) < 4.78 is 20.8. The minimum absolute atomic E-state index is 0.0312. The average Bonchev–Trinajstić information content (AvgIpc) is 3.33. The van der Waals surface area contributed by atoms with E-state index in [1.807, 2.05) is 0 Å². The van der Waals surface area contributed by atoms with Crippen molar-refractivity contribution in [3.05, 3.63) is 94.1 Å². The summed E-state index contributed by atoms with van der Waals surface area (Å²) in [5.74, 6) is -0.813. The number of nitrogens with one attached hydrogen (secondary N) is 1. The van der Waals surface area contributed by atoms with E-state index < -0.39 is 17.3 Å². The molecule has 0 spiro atoms. The molecular weight excluding hydrogens is 461 g/mol. The molecule has 0 fully saturated rings. The van der Waals surface area contributed by atoms with Gasteiger partial charge < -0.3 is 9.84 Å². The molecule has 1 N–H and O–H groups in total. The molecule has 3 heterocycles. The van der Waals surface area contributed by atoms with Crippen molar-refractivity contribution >= 4 is 34.1 Å². The SMILES string of the molecule is O=C(Cn1c(=O)cc(-c2nc(-c3ccccn3)no2)c2ccccc21)Nc1ccc(Cl)cc1F. The number of pyridine rings is 2. The second-order valence-corrected chi connectivity index (χ2v) is 7.75. The van der Waals surface area contributed by atoms with Crippen molar-refractivity contribution < 1.29 is 13.7 Å². The zero-order chi connectivity index (χ0) is 23.7. The van der Waals surface area contributed by atoms with Crippen LogP contribution >= 0.6 is 11.6 Å². The fourth-order valence-corrected chi connectivity index (χ4v) is 3.69. The summed E-state index contributed by atoms with van der Waals surface area (Å²) in [4.78, 5) is 34.2. The van der Waals surface area contributed by atoms with Crippen molar-refractivity contribution in [2.75, 3.05) is 5.32 Å². The summed E-state index contributed by atoms with van der Waals surface area (Å²) in [6.45, 7) is -0.329. The van der Waals surface area contributed by atoms with Crippen molar-refractivity contribution in [1.29, 1.82) is 0 Å². The van der Waals surface area contributed by atoms with E-state index in [0.717, 1.165) is 6.07 Å². The van der Waals surface area contributed by atoms with Gasteiger partial charge in [0.15, 0.2) is 0 Å². The van der Waals surface area contributed by atoms with Gasteiger partial charge in [0, 0.05) is 22.7 Å². The number of hydrogen-bond donors (Lipinski definition) is 1. The first-order valence-electron chi connectivity index (χ1n) is 10.1. The molecule has 0 saturated carbocycles. The number of anilines is 1. The molecule has 1 amide bonds. The quantitative estimate of drug-likeness (QED) is 0.400. The third-order valence-corrected chi connectivity index (χ3v) is 5.31. The molecule has 0 aliphatic rings. The van der Waals surface area contributed by atoms with Gasteiger partial charge in [0.25, 0.3) is 11.4 Å². The molecule has 10 heteroatoms. The van der Waals surface area contributed by atoms with Gasteiger partial charge in [-0.3, -0.25) is 19.1 Å². The van der Waals surface area contributed by atoms with E-state index in [1.165, 1.54) is 22.8 Å².